The first-order chi connectivity index (χ1) is 12.2. The number of rotatable bonds is 2. The number of furan rings is 1. The van der Waals surface area contributed by atoms with Gasteiger partial charge in [0.1, 0.15) is 4.92 Å². The molecule has 2 aliphatic rings. The molecule has 0 radical (unpaired) electrons. The minimum atomic E-state index is -2.80. The highest BCUT2D eigenvalue weighted by molar-refractivity contribution is 7.93. The molecule has 0 aliphatic carbocycles. The molecule has 2 fully saturated rings. The Morgan fingerprint density at radius 2 is 2.04 bits per heavy atom. The molecular weight excluding hydrogens is 366 g/mol. The molecule has 142 valence electrons. The zero-order valence-electron chi connectivity index (χ0n) is 14.2. The van der Waals surface area contributed by atoms with Gasteiger partial charge in [0, 0.05) is 31.5 Å². The molecular formula is C15H19N3O7S. The summed E-state index contributed by atoms with van der Waals surface area (Å²) in [5, 5.41) is 10.6. The molecule has 2 aliphatic heterocycles. The van der Waals surface area contributed by atoms with Crippen LogP contribution in [-0.2, 0) is 19.3 Å². The third kappa shape index (κ3) is 3.78. The van der Waals surface area contributed by atoms with Crippen molar-refractivity contribution in [3.8, 4) is 0 Å². The lowest BCUT2D eigenvalue weighted by molar-refractivity contribution is -0.402. The predicted molar refractivity (Wildman–Crippen MR) is 90.2 cm³/mol. The Bertz CT molecular complexity index is 854. The quantitative estimate of drug-likeness (QED) is 0.552. The summed E-state index contributed by atoms with van der Waals surface area (Å²) < 4.78 is 27.3. The molecule has 0 saturated carbocycles. The molecule has 1 aromatic heterocycles. The Kier molecular flexibility index (Phi) is 4.84. The van der Waals surface area contributed by atoms with E-state index in [1.54, 1.807) is 4.90 Å². The average molecular weight is 385 g/mol. The van der Waals surface area contributed by atoms with Crippen molar-refractivity contribution in [2.24, 2.45) is 4.36 Å². The van der Waals surface area contributed by atoms with Crippen LogP contribution < -0.4 is 0 Å². The van der Waals surface area contributed by atoms with Gasteiger partial charge in [0.05, 0.1) is 28.0 Å². The van der Waals surface area contributed by atoms with Crippen LogP contribution in [0.4, 0.5) is 5.88 Å². The maximum atomic E-state index is 12.9. The van der Waals surface area contributed by atoms with Crippen LogP contribution in [0.1, 0.15) is 30.3 Å². The monoisotopic (exact) mass is 385 g/mol. The molecule has 3 heterocycles. The number of ether oxygens (including phenoxy) is 1. The molecule has 0 bridgehead atoms. The smallest absolute Gasteiger partial charge is 0.395 e. The molecule has 3 rings (SSSR count). The highest BCUT2D eigenvalue weighted by atomic mass is 32.2. The lowest BCUT2D eigenvalue weighted by Gasteiger charge is -2.45. The van der Waals surface area contributed by atoms with E-state index in [0.29, 0.717) is 32.5 Å². The second-order valence-corrected chi connectivity index (χ2v) is 8.99. The Hall–Kier alpha value is -2.27. The molecule has 0 unspecified atom stereocenters. The van der Waals surface area contributed by atoms with Crippen molar-refractivity contribution in [2.75, 3.05) is 31.2 Å². The second kappa shape index (κ2) is 6.80. The molecule has 26 heavy (non-hydrogen) atoms. The van der Waals surface area contributed by atoms with Crippen molar-refractivity contribution in [1.82, 2.24) is 4.90 Å². The van der Waals surface area contributed by atoms with Gasteiger partial charge in [0.2, 0.25) is 11.7 Å². The maximum absolute atomic E-state index is 12.9. The third-order valence-corrected chi connectivity index (χ3v) is 6.86. The number of morpholine rings is 1. The average Bonchev–Trinajstić information content (AvgIpc) is 3.09. The summed E-state index contributed by atoms with van der Waals surface area (Å²) in [6, 6.07) is 2.20. The van der Waals surface area contributed by atoms with Gasteiger partial charge >= 0.3 is 11.8 Å². The van der Waals surface area contributed by atoms with E-state index in [1.165, 1.54) is 6.92 Å². The number of carbonyl (C=O) groups excluding carboxylic acids is 2. The van der Waals surface area contributed by atoms with Crippen molar-refractivity contribution >= 4 is 27.4 Å². The van der Waals surface area contributed by atoms with Crippen LogP contribution in [0.25, 0.3) is 0 Å². The predicted octanol–water partition coefficient (Wildman–Crippen LogP) is 1.21. The molecule has 0 N–H and O–H groups in total. The Labute approximate surface area is 149 Å². The number of hydrogen-bond acceptors (Lipinski definition) is 7. The maximum Gasteiger partial charge on any atom is 0.433 e. The third-order valence-electron chi connectivity index (χ3n) is 4.68. The van der Waals surface area contributed by atoms with Crippen LogP contribution >= 0.6 is 0 Å². The fraction of sp³-hybridized carbons (Fsp3) is 0.600. The van der Waals surface area contributed by atoms with Crippen LogP contribution in [0.5, 0.6) is 0 Å². The summed E-state index contributed by atoms with van der Waals surface area (Å²) in [7, 11) is -2.80. The zero-order valence-corrected chi connectivity index (χ0v) is 15.0. The van der Waals surface area contributed by atoms with Gasteiger partial charge in [-0.05, 0) is 18.9 Å². The van der Waals surface area contributed by atoms with Crippen LogP contribution in [0.2, 0.25) is 0 Å². The van der Waals surface area contributed by atoms with Gasteiger partial charge in [0.15, 0.2) is 0 Å². The van der Waals surface area contributed by atoms with E-state index < -0.39 is 32.0 Å². The Morgan fingerprint density at radius 3 is 2.62 bits per heavy atom. The minimum absolute atomic E-state index is 0.0294. The minimum Gasteiger partial charge on any atom is -0.395 e. The summed E-state index contributed by atoms with van der Waals surface area (Å²) in [5.74, 6) is -1.45. The van der Waals surface area contributed by atoms with Gasteiger partial charge in [-0.1, -0.05) is 0 Å². The van der Waals surface area contributed by atoms with Gasteiger partial charge in [-0.2, -0.15) is 4.36 Å². The molecule has 11 heteroatoms. The van der Waals surface area contributed by atoms with Gasteiger partial charge in [-0.15, -0.1) is 0 Å². The molecule has 1 spiro atoms. The van der Waals surface area contributed by atoms with E-state index in [1.807, 2.05) is 0 Å². The normalized spacial score (nSPS) is 28.7. The fourth-order valence-electron chi connectivity index (χ4n) is 3.16. The van der Waals surface area contributed by atoms with Gasteiger partial charge < -0.3 is 14.1 Å². The number of amides is 2. The first-order valence-electron chi connectivity index (χ1n) is 8.13. The van der Waals surface area contributed by atoms with Crippen LogP contribution in [-0.4, -0.2) is 62.6 Å². The number of carbonyl (C=O) groups is 2. The van der Waals surface area contributed by atoms with Crippen LogP contribution in [0, 0.1) is 10.1 Å². The highest BCUT2D eigenvalue weighted by Gasteiger charge is 2.42. The number of nitro groups is 1. The summed E-state index contributed by atoms with van der Waals surface area (Å²) >= 11 is 0. The second-order valence-electron chi connectivity index (χ2n) is 6.44. The lowest BCUT2D eigenvalue weighted by Crippen LogP contribution is -2.56. The Balaban J connectivity index is 1.71. The molecule has 1 aromatic rings. The fourth-order valence-corrected chi connectivity index (χ4v) is 5.32. The van der Waals surface area contributed by atoms with Crippen LogP contribution in [0.15, 0.2) is 20.9 Å². The summed E-state index contributed by atoms with van der Waals surface area (Å²) in [6.07, 6.45) is 0.843. The molecule has 0 aromatic carbocycles. The summed E-state index contributed by atoms with van der Waals surface area (Å²) in [4.78, 5) is 35.3. The highest BCUT2D eigenvalue weighted by Crippen LogP contribution is 2.32. The van der Waals surface area contributed by atoms with Crippen molar-refractivity contribution < 1.29 is 27.9 Å². The van der Waals surface area contributed by atoms with Gasteiger partial charge in [-0.25, -0.2) is 4.21 Å². The van der Waals surface area contributed by atoms with E-state index in [9.17, 15) is 23.9 Å². The summed E-state index contributed by atoms with van der Waals surface area (Å²) in [6.45, 7) is 2.90. The van der Waals surface area contributed by atoms with Gasteiger partial charge in [0.25, 0.3) is 0 Å². The van der Waals surface area contributed by atoms with Crippen molar-refractivity contribution in [2.45, 2.75) is 25.4 Å². The van der Waals surface area contributed by atoms with E-state index in [4.69, 9.17) is 9.15 Å². The largest absolute Gasteiger partial charge is 0.433 e. The molecule has 0 atom stereocenters. The standard InChI is InChI=1S/C15H19N3O7S/c1-11(19)17-6-7-24-15(10-17)4-8-26(23,9-5-15)16-14(20)12-2-3-13(25-12)18(21)22/h2-3H,4-10H2,1H3. The zero-order chi connectivity index (χ0) is 18.9. The van der Waals surface area contributed by atoms with E-state index in [2.05, 4.69) is 4.36 Å². The van der Waals surface area contributed by atoms with Crippen molar-refractivity contribution in [1.29, 1.82) is 0 Å². The molecule has 2 amide bonds. The first-order valence-corrected chi connectivity index (χ1v) is 9.98. The summed E-state index contributed by atoms with van der Waals surface area (Å²) in [5.41, 5.74) is -0.549. The lowest BCUT2D eigenvalue weighted by atomic mass is 9.94. The molecule has 2 saturated heterocycles. The Morgan fingerprint density at radius 1 is 1.35 bits per heavy atom. The van der Waals surface area contributed by atoms with Gasteiger partial charge in [-0.3, -0.25) is 19.7 Å². The topological polar surface area (TPSA) is 132 Å². The van der Waals surface area contributed by atoms with E-state index in [-0.39, 0.29) is 23.2 Å². The van der Waals surface area contributed by atoms with E-state index in [0.717, 1.165) is 12.1 Å². The first kappa shape index (κ1) is 18.5. The van der Waals surface area contributed by atoms with Crippen molar-refractivity contribution in [3.63, 3.8) is 0 Å². The number of nitrogens with zero attached hydrogens (tertiary/aromatic N) is 3. The number of hydrogen-bond donors (Lipinski definition) is 0. The van der Waals surface area contributed by atoms with E-state index >= 15 is 0 Å². The SMILES string of the molecule is CC(=O)N1CCOC2(CCS(=O)(=NC(=O)c3ccc([N+](=O)[O-])o3)CC2)C1. The molecule has 10 nitrogen and oxygen atoms in total. The van der Waals surface area contributed by atoms with Crippen molar-refractivity contribution in [3.05, 3.63) is 28.0 Å². The van der Waals surface area contributed by atoms with Crippen LogP contribution in [0.3, 0.4) is 0 Å².